The lowest BCUT2D eigenvalue weighted by molar-refractivity contribution is 0.0698. The molecule has 0 radical (unpaired) electrons. The Hall–Kier alpha value is -3.05. The van der Waals surface area contributed by atoms with Gasteiger partial charge in [-0.1, -0.05) is 5.92 Å². The number of carbonyl (C=O) groups is 1. The van der Waals surface area contributed by atoms with Crippen LogP contribution in [0, 0.1) is 11.8 Å². The number of rotatable bonds is 2. The van der Waals surface area contributed by atoms with Crippen molar-refractivity contribution in [3.8, 4) is 11.8 Å². The highest BCUT2D eigenvalue weighted by Crippen LogP contribution is 2.19. The van der Waals surface area contributed by atoms with Crippen LogP contribution in [0.15, 0.2) is 21.3 Å². The topological polar surface area (TPSA) is 103 Å². The van der Waals surface area contributed by atoms with E-state index in [1.807, 2.05) is 0 Å². The Kier molecular flexibility index (Phi) is 4.81. The fraction of sp³-hybridized carbons (Fsp3) is 0.421. The molecule has 0 spiro atoms. The van der Waals surface area contributed by atoms with Gasteiger partial charge in [-0.15, -0.1) is 0 Å². The summed E-state index contributed by atoms with van der Waals surface area (Å²) in [6.45, 7) is 3.78. The third-order valence-corrected chi connectivity index (χ3v) is 4.08. The van der Waals surface area contributed by atoms with Gasteiger partial charge in [0, 0.05) is 26.2 Å². The van der Waals surface area contributed by atoms with Gasteiger partial charge in [0.25, 0.3) is 11.5 Å². The Morgan fingerprint density at radius 2 is 2.15 bits per heavy atom. The van der Waals surface area contributed by atoms with Crippen LogP contribution in [0.1, 0.15) is 41.4 Å². The van der Waals surface area contributed by atoms with E-state index >= 15 is 0 Å². The van der Waals surface area contributed by atoms with Gasteiger partial charge < -0.3 is 19.3 Å². The van der Waals surface area contributed by atoms with Crippen LogP contribution >= 0.6 is 0 Å². The van der Waals surface area contributed by atoms with Gasteiger partial charge in [0.1, 0.15) is 5.60 Å². The van der Waals surface area contributed by atoms with Crippen LogP contribution in [0.2, 0.25) is 0 Å². The van der Waals surface area contributed by atoms with Crippen LogP contribution in [0.5, 0.6) is 0 Å². The first-order chi connectivity index (χ1) is 12.6. The number of aromatic nitrogens is 2. The molecule has 1 aliphatic heterocycles. The zero-order valence-corrected chi connectivity index (χ0v) is 15.8. The van der Waals surface area contributed by atoms with Crippen molar-refractivity contribution in [3.63, 3.8) is 0 Å². The molecule has 0 saturated heterocycles. The first-order valence-corrected chi connectivity index (χ1v) is 8.58. The second-order valence-corrected chi connectivity index (χ2v) is 7.16. The summed E-state index contributed by atoms with van der Waals surface area (Å²) in [5.41, 5.74) is -0.106. The average Bonchev–Trinajstić information content (AvgIpc) is 3.07. The van der Waals surface area contributed by atoms with E-state index < -0.39 is 5.60 Å². The van der Waals surface area contributed by atoms with E-state index in [0.717, 1.165) is 0 Å². The van der Waals surface area contributed by atoms with Gasteiger partial charge in [0.2, 0.25) is 5.95 Å². The number of aliphatic hydroxyl groups is 1. The van der Waals surface area contributed by atoms with Gasteiger partial charge in [-0.3, -0.25) is 14.6 Å². The van der Waals surface area contributed by atoms with Crippen molar-refractivity contribution in [3.05, 3.63) is 45.3 Å². The number of nitrogens with zero attached hydrogens (tertiary/aromatic N) is 3. The summed E-state index contributed by atoms with van der Waals surface area (Å²) >= 11 is 0. The molecule has 0 saturated carbocycles. The maximum atomic E-state index is 12.7. The average molecular weight is 370 g/mol. The van der Waals surface area contributed by atoms with Crippen LogP contribution in [0.25, 0.3) is 0 Å². The molecule has 1 aliphatic rings. The number of H-pyrrole nitrogens is 1. The molecule has 8 heteroatoms. The first kappa shape index (κ1) is 18.7. The molecule has 8 nitrogen and oxygen atoms in total. The fourth-order valence-electron chi connectivity index (χ4n) is 2.70. The highest BCUT2D eigenvalue weighted by molar-refractivity contribution is 5.91. The highest BCUT2D eigenvalue weighted by Gasteiger charge is 2.27. The number of carbonyl (C=O) groups excluding carboxylic acids is 1. The zero-order valence-electron chi connectivity index (χ0n) is 15.8. The summed E-state index contributed by atoms with van der Waals surface area (Å²) in [5, 5.41) is 9.65. The Balaban J connectivity index is 1.81. The third kappa shape index (κ3) is 4.20. The molecule has 2 N–H and O–H groups in total. The van der Waals surface area contributed by atoms with Gasteiger partial charge >= 0.3 is 0 Å². The summed E-state index contributed by atoms with van der Waals surface area (Å²) in [5.74, 6) is 5.98. The van der Waals surface area contributed by atoms with E-state index in [-0.39, 0.29) is 23.8 Å². The monoisotopic (exact) mass is 370 g/mol. The number of furan rings is 1. The molecule has 1 amide bonds. The van der Waals surface area contributed by atoms with E-state index in [1.165, 1.54) is 0 Å². The number of nitrogens with one attached hydrogen (secondary N) is 1. The minimum atomic E-state index is -1.14. The van der Waals surface area contributed by atoms with Crippen molar-refractivity contribution in [1.82, 2.24) is 14.9 Å². The second kappa shape index (κ2) is 6.93. The summed E-state index contributed by atoms with van der Waals surface area (Å²) in [6.07, 6.45) is 0.434. The number of anilines is 1. The molecule has 0 fully saturated rings. The van der Waals surface area contributed by atoms with Gasteiger partial charge in [-0.25, -0.2) is 4.98 Å². The molecule has 3 heterocycles. The van der Waals surface area contributed by atoms with E-state index in [2.05, 4.69) is 21.8 Å². The summed E-state index contributed by atoms with van der Waals surface area (Å²) < 4.78 is 5.50. The lowest BCUT2D eigenvalue weighted by atomic mass is 10.1. The van der Waals surface area contributed by atoms with Crippen molar-refractivity contribution >= 4 is 11.9 Å². The number of aromatic amines is 1. The molecule has 0 bridgehead atoms. The van der Waals surface area contributed by atoms with Gasteiger partial charge in [-0.05, 0) is 38.3 Å². The molecule has 2 aromatic rings. The van der Waals surface area contributed by atoms with Crippen LogP contribution in [-0.2, 0) is 13.0 Å². The van der Waals surface area contributed by atoms with Crippen LogP contribution in [-0.4, -0.2) is 52.1 Å². The third-order valence-electron chi connectivity index (χ3n) is 4.08. The largest absolute Gasteiger partial charge is 0.443 e. The quantitative estimate of drug-likeness (QED) is 0.757. The molecular weight excluding hydrogens is 348 g/mol. The van der Waals surface area contributed by atoms with E-state index in [1.54, 1.807) is 49.9 Å². The highest BCUT2D eigenvalue weighted by atomic mass is 16.4. The maximum Gasteiger partial charge on any atom is 0.289 e. The van der Waals surface area contributed by atoms with Crippen LogP contribution in [0.3, 0.4) is 0 Å². The maximum absolute atomic E-state index is 12.7. The molecule has 2 aromatic heterocycles. The summed E-state index contributed by atoms with van der Waals surface area (Å²) in [4.78, 5) is 35.5. The van der Waals surface area contributed by atoms with Crippen molar-refractivity contribution in [2.75, 3.05) is 25.5 Å². The van der Waals surface area contributed by atoms with Gasteiger partial charge in [0.05, 0.1) is 12.2 Å². The second-order valence-electron chi connectivity index (χ2n) is 7.16. The molecule has 3 rings (SSSR count). The van der Waals surface area contributed by atoms with E-state index in [9.17, 15) is 14.7 Å². The first-order valence-electron chi connectivity index (χ1n) is 8.58. The number of hydrogen-bond donors (Lipinski definition) is 2. The smallest absolute Gasteiger partial charge is 0.289 e. The Bertz CT molecular complexity index is 986. The molecular formula is C19H22N4O4. The number of hydrogen-bond acceptors (Lipinski definition) is 6. The van der Waals surface area contributed by atoms with Crippen LogP contribution in [0.4, 0.5) is 5.95 Å². The Morgan fingerprint density at radius 3 is 2.81 bits per heavy atom. The minimum Gasteiger partial charge on any atom is -0.443 e. The Labute approximate surface area is 156 Å². The molecule has 0 atom stereocenters. The molecule has 142 valence electrons. The van der Waals surface area contributed by atoms with Gasteiger partial charge in [0.15, 0.2) is 11.5 Å². The molecule has 0 unspecified atom stereocenters. The standard InChI is InChI=1S/C19H22N4O4/c1-19(2,26)9-7-12-5-6-15(27-12)17(25)23-10-8-13-14(11-23)20-18(22(3)4)21-16(13)24/h5-6,26H,8,10-11H2,1-4H3,(H,20,21,24). The summed E-state index contributed by atoms with van der Waals surface area (Å²) in [7, 11) is 3.57. The van der Waals surface area contributed by atoms with E-state index in [0.29, 0.717) is 35.9 Å². The van der Waals surface area contributed by atoms with E-state index in [4.69, 9.17) is 4.42 Å². The lowest BCUT2D eigenvalue weighted by Gasteiger charge is -2.27. The van der Waals surface area contributed by atoms with Crippen molar-refractivity contribution in [2.24, 2.45) is 0 Å². The zero-order chi connectivity index (χ0) is 19.8. The molecule has 27 heavy (non-hydrogen) atoms. The number of fused-ring (bicyclic) bond motifs is 1. The SMILES string of the molecule is CN(C)c1nc2c(c(=O)[nH]1)CCN(C(=O)c1ccc(C#CC(C)(C)O)o1)C2. The van der Waals surface area contributed by atoms with Crippen molar-refractivity contribution in [1.29, 1.82) is 0 Å². The normalized spacial score (nSPS) is 13.6. The molecule has 0 aromatic carbocycles. The molecule has 0 aliphatic carbocycles. The summed E-state index contributed by atoms with van der Waals surface area (Å²) in [6, 6.07) is 3.15. The number of amides is 1. The van der Waals surface area contributed by atoms with Crippen molar-refractivity contribution < 1.29 is 14.3 Å². The predicted octanol–water partition coefficient (Wildman–Crippen LogP) is 0.750. The predicted molar refractivity (Wildman–Crippen MR) is 99.5 cm³/mol. The van der Waals surface area contributed by atoms with Crippen LogP contribution < -0.4 is 10.5 Å². The van der Waals surface area contributed by atoms with Crippen molar-refractivity contribution in [2.45, 2.75) is 32.4 Å². The lowest BCUT2D eigenvalue weighted by Crippen LogP contribution is -2.39. The van der Waals surface area contributed by atoms with Gasteiger partial charge in [-0.2, -0.15) is 0 Å². The minimum absolute atomic E-state index is 0.163. The fourth-order valence-corrected chi connectivity index (χ4v) is 2.70. The Morgan fingerprint density at radius 1 is 1.41 bits per heavy atom.